The first kappa shape index (κ1) is 6.62. The quantitative estimate of drug-likeness (QED) is 0.581. The van der Waals surface area contributed by atoms with Crippen LogP contribution in [0.4, 0.5) is 3.89 Å². The highest BCUT2D eigenvalue weighted by Gasteiger charge is 1.89. The smallest absolute Gasteiger partial charge is 0.0812 e. The molecule has 0 aliphatic heterocycles. The first-order chi connectivity index (χ1) is 4.33. The monoisotopic (exact) mass is 142 g/mol. The van der Waals surface area contributed by atoms with E-state index in [1.165, 1.54) is 0 Å². The van der Waals surface area contributed by atoms with Crippen LogP contribution in [0.25, 0.3) is 0 Å². The van der Waals surface area contributed by atoms with Crippen molar-refractivity contribution in [2.45, 2.75) is 11.8 Å². The summed E-state index contributed by atoms with van der Waals surface area (Å²) in [6, 6.07) is 7.35. The molecular formula is C7H7FS. The van der Waals surface area contributed by atoms with Crippen LogP contribution in [0.1, 0.15) is 5.56 Å². The summed E-state index contributed by atoms with van der Waals surface area (Å²) in [7, 11) is 0. The lowest BCUT2D eigenvalue weighted by atomic mass is 10.2. The van der Waals surface area contributed by atoms with E-state index in [1.807, 2.05) is 25.1 Å². The molecule has 0 fully saturated rings. The second-order valence-electron chi connectivity index (χ2n) is 1.89. The van der Waals surface area contributed by atoms with E-state index in [4.69, 9.17) is 0 Å². The van der Waals surface area contributed by atoms with E-state index in [0.29, 0.717) is 4.90 Å². The molecule has 0 aliphatic carbocycles. The van der Waals surface area contributed by atoms with Gasteiger partial charge in [0.15, 0.2) is 0 Å². The summed E-state index contributed by atoms with van der Waals surface area (Å²) in [5.41, 5.74) is 1.10. The first-order valence-electron chi connectivity index (χ1n) is 2.68. The minimum atomic E-state index is 0.283. The van der Waals surface area contributed by atoms with Gasteiger partial charge in [0.1, 0.15) is 0 Å². The fraction of sp³-hybridized carbons (Fsp3) is 0.143. The first-order valence-corrected chi connectivity index (χ1v) is 3.40. The Bertz CT molecular complexity index is 198. The van der Waals surface area contributed by atoms with Gasteiger partial charge >= 0.3 is 0 Å². The molecule has 0 amide bonds. The van der Waals surface area contributed by atoms with Crippen molar-refractivity contribution in [2.75, 3.05) is 0 Å². The Labute approximate surface area is 58.4 Å². The largest absolute Gasteiger partial charge is 0.160 e. The molecule has 0 radical (unpaired) electrons. The highest BCUT2D eigenvalue weighted by atomic mass is 32.2. The standard InChI is InChI=1S/C7H7FS/c1-6-3-2-4-7(5-6)9-8/h2-5H,1H3. The van der Waals surface area contributed by atoms with Crippen molar-refractivity contribution in [3.8, 4) is 0 Å². The van der Waals surface area contributed by atoms with Crippen LogP contribution < -0.4 is 0 Å². The van der Waals surface area contributed by atoms with Gasteiger partial charge in [0.25, 0.3) is 0 Å². The fourth-order valence-electron chi connectivity index (χ4n) is 0.663. The van der Waals surface area contributed by atoms with Gasteiger partial charge in [-0.15, -0.1) is 0 Å². The number of rotatable bonds is 1. The highest BCUT2D eigenvalue weighted by Crippen LogP contribution is 2.18. The Kier molecular flexibility index (Phi) is 2.11. The molecule has 0 aliphatic rings. The highest BCUT2D eigenvalue weighted by molar-refractivity contribution is 7.94. The van der Waals surface area contributed by atoms with E-state index in [0.717, 1.165) is 5.56 Å². The molecule has 0 saturated heterocycles. The summed E-state index contributed by atoms with van der Waals surface area (Å²) < 4.78 is 11.8. The van der Waals surface area contributed by atoms with Gasteiger partial charge in [-0.05, 0) is 24.6 Å². The zero-order valence-electron chi connectivity index (χ0n) is 5.10. The van der Waals surface area contributed by atoms with Crippen molar-refractivity contribution in [3.63, 3.8) is 0 Å². The molecule has 2 heteroatoms. The van der Waals surface area contributed by atoms with Crippen LogP contribution in [-0.2, 0) is 0 Å². The molecule has 0 atom stereocenters. The molecule has 0 bridgehead atoms. The summed E-state index contributed by atoms with van der Waals surface area (Å²) in [6.45, 7) is 1.94. The number of aryl methyl sites for hydroxylation is 1. The van der Waals surface area contributed by atoms with Gasteiger partial charge in [0, 0.05) is 4.90 Å². The normalized spacial score (nSPS) is 9.56. The summed E-state index contributed by atoms with van der Waals surface area (Å²) in [4.78, 5) is 0.676. The van der Waals surface area contributed by atoms with Crippen LogP contribution in [0.5, 0.6) is 0 Å². The predicted octanol–water partition coefficient (Wildman–Crippen LogP) is 2.97. The Morgan fingerprint density at radius 1 is 1.44 bits per heavy atom. The van der Waals surface area contributed by atoms with Crippen molar-refractivity contribution >= 4 is 12.1 Å². The van der Waals surface area contributed by atoms with Gasteiger partial charge in [-0.25, -0.2) is 0 Å². The van der Waals surface area contributed by atoms with Crippen molar-refractivity contribution in [2.24, 2.45) is 0 Å². The van der Waals surface area contributed by atoms with Crippen LogP contribution in [0.15, 0.2) is 29.2 Å². The van der Waals surface area contributed by atoms with E-state index < -0.39 is 0 Å². The molecule has 9 heavy (non-hydrogen) atoms. The second kappa shape index (κ2) is 2.87. The lowest BCUT2D eigenvalue weighted by Crippen LogP contribution is -1.69. The van der Waals surface area contributed by atoms with Gasteiger partial charge in [0.2, 0.25) is 0 Å². The molecule has 0 unspecified atom stereocenters. The van der Waals surface area contributed by atoms with Gasteiger partial charge in [0.05, 0.1) is 12.1 Å². The third-order valence-corrected chi connectivity index (χ3v) is 1.51. The van der Waals surface area contributed by atoms with Crippen molar-refractivity contribution in [3.05, 3.63) is 29.8 Å². The Balaban J connectivity index is 2.94. The van der Waals surface area contributed by atoms with Crippen LogP contribution in [0, 0.1) is 6.92 Å². The molecule has 0 heterocycles. The van der Waals surface area contributed by atoms with Gasteiger partial charge in [-0.1, -0.05) is 12.1 Å². The lowest BCUT2D eigenvalue weighted by Gasteiger charge is -1.92. The Hall–Kier alpha value is -0.500. The van der Waals surface area contributed by atoms with E-state index in [1.54, 1.807) is 6.07 Å². The van der Waals surface area contributed by atoms with Crippen LogP contribution in [0.3, 0.4) is 0 Å². The van der Waals surface area contributed by atoms with Crippen LogP contribution in [0.2, 0.25) is 0 Å². The maximum absolute atomic E-state index is 11.8. The molecule has 1 rings (SSSR count). The van der Waals surface area contributed by atoms with E-state index in [9.17, 15) is 3.89 Å². The SMILES string of the molecule is Cc1cccc(SF)c1. The zero-order valence-corrected chi connectivity index (χ0v) is 5.91. The lowest BCUT2D eigenvalue weighted by molar-refractivity contribution is 0.933. The molecule has 0 saturated carbocycles. The summed E-state index contributed by atoms with van der Waals surface area (Å²) in [6.07, 6.45) is 0. The molecule has 1 aromatic carbocycles. The molecule has 0 spiro atoms. The van der Waals surface area contributed by atoms with Gasteiger partial charge < -0.3 is 0 Å². The molecule has 0 nitrogen and oxygen atoms in total. The van der Waals surface area contributed by atoms with E-state index in [2.05, 4.69) is 0 Å². The maximum atomic E-state index is 11.8. The minimum absolute atomic E-state index is 0.283. The number of halogens is 1. The van der Waals surface area contributed by atoms with E-state index >= 15 is 0 Å². The average molecular weight is 142 g/mol. The summed E-state index contributed by atoms with van der Waals surface area (Å²) in [5, 5.41) is 0. The van der Waals surface area contributed by atoms with Gasteiger partial charge in [-0.2, -0.15) is 3.89 Å². The maximum Gasteiger partial charge on any atom is 0.0812 e. The Morgan fingerprint density at radius 2 is 2.22 bits per heavy atom. The summed E-state index contributed by atoms with van der Waals surface area (Å²) in [5.74, 6) is 0. The molecule has 0 N–H and O–H groups in total. The third kappa shape index (κ3) is 1.72. The molecule has 0 aromatic heterocycles. The van der Waals surface area contributed by atoms with Crippen LogP contribution in [-0.4, -0.2) is 0 Å². The second-order valence-corrected chi connectivity index (χ2v) is 2.52. The topological polar surface area (TPSA) is 0 Å². The molecular weight excluding hydrogens is 135 g/mol. The van der Waals surface area contributed by atoms with Crippen molar-refractivity contribution in [1.82, 2.24) is 0 Å². The summed E-state index contributed by atoms with van der Waals surface area (Å²) >= 11 is 0.283. The molecule has 48 valence electrons. The number of hydrogen-bond donors (Lipinski definition) is 0. The van der Waals surface area contributed by atoms with E-state index in [-0.39, 0.29) is 12.1 Å². The van der Waals surface area contributed by atoms with Crippen LogP contribution >= 0.6 is 12.1 Å². The molecule has 1 aromatic rings. The number of benzene rings is 1. The minimum Gasteiger partial charge on any atom is -0.160 e. The number of hydrogen-bond acceptors (Lipinski definition) is 1. The average Bonchev–Trinajstić information content (AvgIpc) is 1.88. The van der Waals surface area contributed by atoms with Gasteiger partial charge in [-0.3, -0.25) is 0 Å². The predicted molar refractivity (Wildman–Crippen MR) is 38.1 cm³/mol. The van der Waals surface area contributed by atoms with Crippen molar-refractivity contribution in [1.29, 1.82) is 0 Å². The Morgan fingerprint density at radius 3 is 2.67 bits per heavy atom. The zero-order chi connectivity index (χ0) is 6.69. The fourth-order valence-corrected chi connectivity index (χ4v) is 1.02. The van der Waals surface area contributed by atoms with Crippen molar-refractivity contribution < 1.29 is 3.89 Å². The third-order valence-electron chi connectivity index (χ3n) is 1.08.